The summed E-state index contributed by atoms with van der Waals surface area (Å²) in [6, 6.07) is 9.79. The Balaban J connectivity index is 1.69. The Morgan fingerprint density at radius 1 is 1.03 bits per heavy atom. The summed E-state index contributed by atoms with van der Waals surface area (Å²) in [5.74, 6) is 0.540. The normalized spacial score (nSPS) is 24.3. The zero-order chi connectivity index (χ0) is 20.4. The molecule has 1 saturated heterocycles. The molecule has 1 fully saturated rings. The van der Waals surface area contributed by atoms with Crippen LogP contribution in [0.1, 0.15) is 11.8 Å². The van der Waals surface area contributed by atoms with Gasteiger partial charge in [-0.05, 0) is 5.56 Å². The fourth-order valence-electron chi connectivity index (χ4n) is 3.55. The molecule has 3 aromatic rings. The molecule has 3 heterocycles. The van der Waals surface area contributed by atoms with Gasteiger partial charge in [-0.2, -0.15) is 0 Å². The predicted octanol–water partition coefficient (Wildman–Crippen LogP) is -0.563. The smallest absolute Gasteiger partial charge is 0.167 e. The van der Waals surface area contributed by atoms with Gasteiger partial charge in [-0.15, -0.1) is 0 Å². The molecule has 0 bridgehead atoms. The highest BCUT2D eigenvalue weighted by atomic mass is 16.6. The minimum absolute atomic E-state index is 0.0616. The SMILES string of the molecule is OCCN(Cc1ccccc1)c1ncnc2c1ncn2[C@@H]1O[C@H](CO)C(O)C1O. The number of hydrogen-bond acceptors (Lipinski definition) is 9. The van der Waals surface area contributed by atoms with Gasteiger partial charge in [-0.3, -0.25) is 4.57 Å². The number of aromatic nitrogens is 4. The van der Waals surface area contributed by atoms with Crippen molar-refractivity contribution in [3.05, 3.63) is 48.5 Å². The summed E-state index contributed by atoms with van der Waals surface area (Å²) in [5.41, 5.74) is 1.95. The van der Waals surface area contributed by atoms with Crippen molar-refractivity contribution >= 4 is 17.0 Å². The molecule has 4 rings (SSSR count). The van der Waals surface area contributed by atoms with E-state index in [0.29, 0.717) is 30.1 Å². The van der Waals surface area contributed by atoms with Crippen molar-refractivity contribution in [3.63, 3.8) is 0 Å². The van der Waals surface area contributed by atoms with Crippen molar-refractivity contribution in [2.45, 2.75) is 31.1 Å². The first-order valence-corrected chi connectivity index (χ1v) is 9.33. The van der Waals surface area contributed by atoms with Crippen LogP contribution < -0.4 is 4.90 Å². The van der Waals surface area contributed by atoms with Crippen LogP contribution in [0.3, 0.4) is 0 Å². The minimum atomic E-state index is -1.24. The van der Waals surface area contributed by atoms with E-state index in [0.717, 1.165) is 5.56 Å². The van der Waals surface area contributed by atoms with Crippen molar-refractivity contribution in [1.82, 2.24) is 19.5 Å². The van der Waals surface area contributed by atoms with Crippen molar-refractivity contribution in [2.24, 2.45) is 0 Å². The lowest BCUT2D eigenvalue weighted by atomic mass is 10.1. The van der Waals surface area contributed by atoms with Crippen molar-refractivity contribution in [2.75, 3.05) is 24.7 Å². The number of rotatable bonds is 7. The van der Waals surface area contributed by atoms with Gasteiger partial charge in [0.25, 0.3) is 0 Å². The molecule has 2 aromatic heterocycles. The third-order valence-electron chi connectivity index (χ3n) is 5.02. The zero-order valence-corrected chi connectivity index (χ0v) is 15.6. The minimum Gasteiger partial charge on any atom is -0.395 e. The van der Waals surface area contributed by atoms with Gasteiger partial charge in [0.1, 0.15) is 24.6 Å². The van der Waals surface area contributed by atoms with E-state index >= 15 is 0 Å². The topological polar surface area (TPSA) is 137 Å². The van der Waals surface area contributed by atoms with E-state index in [2.05, 4.69) is 15.0 Å². The maximum Gasteiger partial charge on any atom is 0.167 e. The fraction of sp³-hybridized carbons (Fsp3) is 0.421. The Kier molecular flexibility index (Phi) is 5.69. The Labute approximate surface area is 166 Å². The monoisotopic (exact) mass is 401 g/mol. The van der Waals surface area contributed by atoms with Crippen LogP contribution in [0.25, 0.3) is 11.2 Å². The standard InChI is InChI=1S/C19H23N5O5/c25-7-6-23(8-12-4-2-1-3-5-12)17-14-18(21-10-20-17)24(11-22-14)19-16(28)15(27)13(9-26)29-19/h1-5,10-11,13,15-16,19,25-28H,6-9H2/t13-,15?,16?,19-/m1/s1. The Morgan fingerprint density at radius 3 is 2.52 bits per heavy atom. The van der Waals surface area contributed by atoms with Gasteiger partial charge in [-0.25, -0.2) is 15.0 Å². The number of fused-ring (bicyclic) bond motifs is 1. The molecule has 4 N–H and O–H groups in total. The average molecular weight is 401 g/mol. The molecule has 0 spiro atoms. The molecule has 2 unspecified atom stereocenters. The number of ether oxygens (including phenoxy) is 1. The number of anilines is 1. The summed E-state index contributed by atoms with van der Waals surface area (Å²) in [5, 5.41) is 39.2. The molecule has 0 radical (unpaired) electrons. The summed E-state index contributed by atoms with van der Waals surface area (Å²) in [7, 11) is 0. The molecule has 1 aliphatic heterocycles. The van der Waals surface area contributed by atoms with Crippen LogP contribution in [0, 0.1) is 0 Å². The van der Waals surface area contributed by atoms with Crippen LogP contribution >= 0.6 is 0 Å². The lowest BCUT2D eigenvalue weighted by Crippen LogP contribution is -2.33. The third kappa shape index (κ3) is 3.68. The molecule has 0 saturated carbocycles. The second-order valence-electron chi connectivity index (χ2n) is 6.88. The van der Waals surface area contributed by atoms with E-state index in [1.165, 1.54) is 17.2 Å². The number of imidazole rings is 1. The van der Waals surface area contributed by atoms with E-state index in [1.807, 2.05) is 35.2 Å². The first kappa shape index (κ1) is 19.7. The fourth-order valence-corrected chi connectivity index (χ4v) is 3.55. The van der Waals surface area contributed by atoms with Gasteiger partial charge in [0, 0.05) is 13.1 Å². The second-order valence-corrected chi connectivity index (χ2v) is 6.88. The summed E-state index contributed by atoms with van der Waals surface area (Å²) in [6.07, 6.45) is -1.43. The van der Waals surface area contributed by atoms with Gasteiger partial charge in [0.05, 0.1) is 19.5 Å². The number of nitrogens with zero attached hydrogens (tertiary/aromatic N) is 5. The Hall–Kier alpha value is -2.63. The largest absolute Gasteiger partial charge is 0.395 e. The van der Waals surface area contributed by atoms with Crippen molar-refractivity contribution in [3.8, 4) is 0 Å². The summed E-state index contributed by atoms with van der Waals surface area (Å²) in [4.78, 5) is 14.9. The molecule has 1 aromatic carbocycles. The highest BCUT2D eigenvalue weighted by Crippen LogP contribution is 2.32. The summed E-state index contributed by atoms with van der Waals surface area (Å²) < 4.78 is 7.11. The molecule has 154 valence electrons. The molecule has 0 aliphatic carbocycles. The van der Waals surface area contributed by atoms with Crippen molar-refractivity contribution in [1.29, 1.82) is 0 Å². The average Bonchev–Trinajstić information content (AvgIpc) is 3.29. The maximum absolute atomic E-state index is 10.3. The predicted molar refractivity (Wildman–Crippen MR) is 103 cm³/mol. The number of benzene rings is 1. The summed E-state index contributed by atoms with van der Waals surface area (Å²) in [6.45, 7) is 0.396. The highest BCUT2D eigenvalue weighted by Gasteiger charge is 2.44. The molecular weight excluding hydrogens is 378 g/mol. The molecular formula is C19H23N5O5. The zero-order valence-electron chi connectivity index (χ0n) is 15.6. The highest BCUT2D eigenvalue weighted by molar-refractivity contribution is 5.83. The van der Waals surface area contributed by atoms with Gasteiger partial charge < -0.3 is 30.1 Å². The maximum atomic E-state index is 10.3. The van der Waals surface area contributed by atoms with Crippen LogP contribution in [-0.2, 0) is 11.3 Å². The molecule has 10 nitrogen and oxygen atoms in total. The van der Waals surface area contributed by atoms with Crippen LogP contribution in [0.15, 0.2) is 43.0 Å². The van der Waals surface area contributed by atoms with E-state index in [-0.39, 0.29) is 6.61 Å². The molecule has 1 aliphatic rings. The summed E-state index contributed by atoms with van der Waals surface area (Å²) >= 11 is 0. The van der Waals surface area contributed by atoms with Crippen LogP contribution in [0.2, 0.25) is 0 Å². The van der Waals surface area contributed by atoms with Gasteiger partial charge in [0.2, 0.25) is 0 Å². The lowest BCUT2D eigenvalue weighted by molar-refractivity contribution is -0.0511. The van der Waals surface area contributed by atoms with Crippen molar-refractivity contribution < 1.29 is 25.2 Å². The van der Waals surface area contributed by atoms with Crippen LogP contribution in [-0.4, -0.2) is 78.0 Å². The van der Waals surface area contributed by atoms with E-state index in [1.54, 1.807) is 0 Å². The Bertz CT molecular complexity index is 953. The molecule has 0 amide bonds. The van der Waals surface area contributed by atoms with Gasteiger partial charge in [-0.1, -0.05) is 30.3 Å². The van der Waals surface area contributed by atoms with Crippen LogP contribution in [0.5, 0.6) is 0 Å². The van der Waals surface area contributed by atoms with Gasteiger partial charge >= 0.3 is 0 Å². The number of aliphatic hydroxyl groups is 4. The Morgan fingerprint density at radius 2 is 1.83 bits per heavy atom. The molecule has 29 heavy (non-hydrogen) atoms. The first-order valence-electron chi connectivity index (χ1n) is 9.33. The van der Waals surface area contributed by atoms with Gasteiger partial charge in [0.15, 0.2) is 23.2 Å². The first-order chi connectivity index (χ1) is 14.1. The third-order valence-corrected chi connectivity index (χ3v) is 5.02. The number of hydrogen-bond donors (Lipinski definition) is 4. The number of aliphatic hydroxyl groups excluding tert-OH is 4. The quantitative estimate of drug-likeness (QED) is 0.410. The van der Waals surface area contributed by atoms with E-state index in [9.17, 15) is 20.4 Å². The second kappa shape index (κ2) is 8.39. The van der Waals surface area contributed by atoms with E-state index < -0.39 is 31.1 Å². The van der Waals surface area contributed by atoms with Crippen LogP contribution in [0.4, 0.5) is 5.82 Å². The lowest BCUT2D eigenvalue weighted by Gasteiger charge is -2.23. The molecule has 10 heteroatoms. The molecule has 4 atom stereocenters. The van der Waals surface area contributed by atoms with E-state index in [4.69, 9.17) is 4.74 Å².